The molecule has 3 rings (SSSR count). The minimum atomic E-state index is -3.52. The van der Waals surface area contributed by atoms with Gasteiger partial charge in [0.1, 0.15) is 0 Å². The molecule has 7 nitrogen and oxygen atoms in total. The van der Waals surface area contributed by atoms with Gasteiger partial charge in [0, 0.05) is 31.7 Å². The molecule has 2 fully saturated rings. The summed E-state index contributed by atoms with van der Waals surface area (Å²) >= 11 is 0. The summed E-state index contributed by atoms with van der Waals surface area (Å²) in [6, 6.07) is 5.97. The Morgan fingerprint density at radius 3 is 2.23 bits per heavy atom. The molecule has 26 heavy (non-hydrogen) atoms. The average molecular weight is 380 g/mol. The number of piperidine rings is 2. The molecule has 2 aliphatic heterocycles. The molecular weight excluding hydrogens is 356 g/mol. The smallest absolute Gasteiger partial charge is 0.308 e. The van der Waals surface area contributed by atoms with Crippen molar-refractivity contribution in [2.75, 3.05) is 26.2 Å². The Kier molecular flexibility index (Phi) is 5.62. The number of carbonyl (C=O) groups excluding carboxylic acids is 1. The van der Waals surface area contributed by atoms with Gasteiger partial charge in [-0.15, -0.1) is 0 Å². The van der Waals surface area contributed by atoms with Crippen LogP contribution in [0.3, 0.4) is 0 Å². The number of aliphatic carboxylic acids is 1. The summed E-state index contributed by atoms with van der Waals surface area (Å²) in [5, 5.41) is 9.15. The molecule has 1 aromatic rings. The van der Waals surface area contributed by atoms with E-state index in [1.165, 1.54) is 33.5 Å². The maximum Gasteiger partial charge on any atom is 0.308 e. The van der Waals surface area contributed by atoms with E-state index in [1.54, 1.807) is 0 Å². The highest BCUT2D eigenvalue weighted by atomic mass is 32.2. The Bertz CT molecular complexity index is 769. The number of carboxylic acids is 1. The molecule has 0 bridgehead atoms. The van der Waals surface area contributed by atoms with E-state index in [9.17, 15) is 18.0 Å². The van der Waals surface area contributed by atoms with Gasteiger partial charge >= 0.3 is 5.97 Å². The van der Waals surface area contributed by atoms with Gasteiger partial charge in [-0.2, -0.15) is 4.31 Å². The fourth-order valence-corrected chi connectivity index (χ4v) is 5.09. The second kappa shape index (κ2) is 7.75. The van der Waals surface area contributed by atoms with E-state index in [-0.39, 0.29) is 17.3 Å². The first-order chi connectivity index (χ1) is 12.4. The van der Waals surface area contributed by atoms with E-state index in [4.69, 9.17) is 5.11 Å². The molecule has 142 valence electrons. The van der Waals surface area contributed by atoms with Crippen molar-refractivity contribution in [2.24, 2.45) is 5.92 Å². The molecule has 1 aromatic carbocycles. The highest BCUT2D eigenvalue weighted by molar-refractivity contribution is 7.89. The third-order valence-corrected chi connectivity index (χ3v) is 7.02. The lowest BCUT2D eigenvalue weighted by Crippen LogP contribution is -2.42. The number of rotatable bonds is 4. The number of carbonyl (C=O) groups is 2. The van der Waals surface area contributed by atoms with Crippen LogP contribution in [0.25, 0.3) is 0 Å². The van der Waals surface area contributed by atoms with Crippen molar-refractivity contribution < 1.29 is 23.1 Å². The van der Waals surface area contributed by atoms with Gasteiger partial charge in [-0.3, -0.25) is 9.59 Å². The van der Waals surface area contributed by atoms with Crippen LogP contribution < -0.4 is 0 Å². The lowest BCUT2D eigenvalue weighted by molar-refractivity contribution is -0.143. The first-order valence-corrected chi connectivity index (χ1v) is 10.5. The van der Waals surface area contributed by atoms with E-state index in [2.05, 4.69) is 0 Å². The third kappa shape index (κ3) is 3.91. The number of likely N-dealkylation sites (tertiary alicyclic amines) is 1. The van der Waals surface area contributed by atoms with Crippen molar-refractivity contribution in [1.29, 1.82) is 0 Å². The number of carboxylic acid groups (broad SMARTS) is 1. The van der Waals surface area contributed by atoms with Gasteiger partial charge in [-0.05, 0) is 49.9 Å². The van der Waals surface area contributed by atoms with Crippen molar-refractivity contribution in [2.45, 2.75) is 37.0 Å². The van der Waals surface area contributed by atoms with E-state index in [0.29, 0.717) is 38.0 Å². The Balaban J connectivity index is 1.72. The number of benzene rings is 1. The van der Waals surface area contributed by atoms with Crippen LogP contribution in [0, 0.1) is 5.92 Å². The minimum absolute atomic E-state index is 0.193. The van der Waals surface area contributed by atoms with Gasteiger partial charge in [0.2, 0.25) is 10.0 Å². The summed E-state index contributed by atoms with van der Waals surface area (Å²) in [6.45, 7) is 1.79. The second-order valence-electron chi connectivity index (χ2n) is 6.92. The molecule has 1 N–H and O–H groups in total. The van der Waals surface area contributed by atoms with Gasteiger partial charge in [-0.25, -0.2) is 8.42 Å². The quantitative estimate of drug-likeness (QED) is 0.859. The molecule has 8 heteroatoms. The van der Waals surface area contributed by atoms with Gasteiger partial charge < -0.3 is 10.0 Å². The number of hydrogen-bond acceptors (Lipinski definition) is 4. The highest BCUT2D eigenvalue weighted by Gasteiger charge is 2.29. The van der Waals surface area contributed by atoms with Crippen LogP contribution in [0.1, 0.15) is 42.5 Å². The molecule has 1 atom stereocenters. The Morgan fingerprint density at radius 2 is 1.62 bits per heavy atom. The minimum Gasteiger partial charge on any atom is -0.481 e. The summed E-state index contributed by atoms with van der Waals surface area (Å²) < 4.78 is 26.8. The molecule has 2 aliphatic rings. The van der Waals surface area contributed by atoms with E-state index < -0.39 is 21.9 Å². The molecule has 0 radical (unpaired) electrons. The molecule has 2 heterocycles. The third-order valence-electron chi connectivity index (χ3n) is 5.11. The molecule has 0 aromatic heterocycles. The molecule has 0 unspecified atom stereocenters. The molecular formula is C18H24N2O5S. The van der Waals surface area contributed by atoms with E-state index in [0.717, 1.165) is 19.3 Å². The largest absolute Gasteiger partial charge is 0.481 e. The Hall–Kier alpha value is -1.93. The molecule has 0 saturated carbocycles. The SMILES string of the molecule is O=C(O)[C@H]1CCCN(C(=O)c2ccc(S(=O)(=O)N3CCCCC3)cc2)C1. The Morgan fingerprint density at radius 1 is 0.962 bits per heavy atom. The first kappa shape index (κ1) is 18.8. The van der Waals surface area contributed by atoms with Crippen LogP contribution in [-0.2, 0) is 14.8 Å². The van der Waals surface area contributed by atoms with Crippen LogP contribution in [0.4, 0.5) is 0 Å². The molecule has 0 aliphatic carbocycles. The van der Waals surface area contributed by atoms with Gasteiger partial charge in [0.25, 0.3) is 5.91 Å². The number of amides is 1. The molecule has 2 saturated heterocycles. The van der Waals surface area contributed by atoms with E-state index >= 15 is 0 Å². The topological polar surface area (TPSA) is 95.0 Å². The zero-order valence-electron chi connectivity index (χ0n) is 14.6. The molecule has 0 spiro atoms. The summed E-state index contributed by atoms with van der Waals surface area (Å²) in [5.74, 6) is -1.67. The van der Waals surface area contributed by atoms with Crippen molar-refractivity contribution in [3.63, 3.8) is 0 Å². The zero-order chi connectivity index (χ0) is 18.7. The van der Waals surface area contributed by atoms with Crippen LogP contribution in [0.5, 0.6) is 0 Å². The Labute approximate surface area is 153 Å². The van der Waals surface area contributed by atoms with Crippen molar-refractivity contribution >= 4 is 21.9 Å². The average Bonchev–Trinajstić information content (AvgIpc) is 2.68. The normalized spacial score (nSPS) is 22.2. The molecule has 1 amide bonds. The fourth-order valence-electron chi connectivity index (χ4n) is 3.57. The lowest BCUT2D eigenvalue weighted by Gasteiger charge is -2.30. The van der Waals surface area contributed by atoms with Crippen LogP contribution in [0.15, 0.2) is 29.2 Å². The summed E-state index contributed by atoms with van der Waals surface area (Å²) in [6.07, 6.45) is 4.02. The number of nitrogens with zero attached hydrogens (tertiary/aromatic N) is 2. The summed E-state index contributed by atoms with van der Waals surface area (Å²) in [5.41, 5.74) is 0.383. The first-order valence-electron chi connectivity index (χ1n) is 9.02. The predicted octanol–water partition coefficient (Wildman–Crippen LogP) is 1.80. The summed E-state index contributed by atoms with van der Waals surface area (Å²) in [4.78, 5) is 25.5. The second-order valence-corrected chi connectivity index (χ2v) is 8.86. The van der Waals surface area contributed by atoms with Gasteiger partial charge in [0.05, 0.1) is 10.8 Å². The van der Waals surface area contributed by atoms with Crippen molar-refractivity contribution in [3.05, 3.63) is 29.8 Å². The van der Waals surface area contributed by atoms with Gasteiger partial charge in [-0.1, -0.05) is 6.42 Å². The maximum atomic E-state index is 12.7. The predicted molar refractivity (Wildman–Crippen MR) is 95.3 cm³/mol. The van der Waals surface area contributed by atoms with Gasteiger partial charge in [0.15, 0.2) is 0 Å². The van der Waals surface area contributed by atoms with E-state index in [1.807, 2.05) is 0 Å². The van der Waals surface area contributed by atoms with Crippen LogP contribution in [0.2, 0.25) is 0 Å². The van der Waals surface area contributed by atoms with Crippen molar-refractivity contribution in [3.8, 4) is 0 Å². The maximum absolute atomic E-state index is 12.7. The summed E-state index contributed by atoms with van der Waals surface area (Å²) in [7, 11) is -3.52. The van der Waals surface area contributed by atoms with Crippen LogP contribution >= 0.6 is 0 Å². The van der Waals surface area contributed by atoms with Crippen molar-refractivity contribution in [1.82, 2.24) is 9.21 Å². The lowest BCUT2D eigenvalue weighted by atomic mass is 9.97. The highest BCUT2D eigenvalue weighted by Crippen LogP contribution is 2.22. The number of sulfonamides is 1. The fraction of sp³-hybridized carbons (Fsp3) is 0.556. The standard InChI is InChI=1S/C18H24N2O5S/c21-17(19-10-4-5-15(13-19)18(22)23)14-6-8-16(9-7-14)26(24,25)20-11-2-1-3-12-20/h6-9,15H,1-5,10-13H2,(H,22,23)/t15-/m0/s1. The number of hydrogen-bond donors (Lipinski definition) is 1. The zero-order valence-corrected chi connectivity index (χ0v) is 15.5. The van der Waals surface area contributed by atoms with Crippen LogP contribution in [-0.4, -0.2) is 60.8 Å². The monoisotopic (exact) mass is 380 g/mol.